The molecule has 2 rings (SSSR count). The molecule has 0 aliphatic heterocycles. The molecule has 3 heteroatoms. The van der Waals surface area contributed by atoms with Crippen molar-refractivity contribution < 1.29 is 4.79 Å². The van der Waals surface area contributed by atoms with Crippen LogP contribution in [0.2, 0.25) is 0 Å². The van der Waals surface area contributed by atoms with E-state index in [0.29, 0.717) is 12.0 Å². The fourth-order valence-corrected chi connectivity index (χ4v) is 2.03. The molecular weight excluding hydrogens is 254 g/mol. The van der Waals surface area contributed by atoms with Gasteiger partial charge in [-0.05, 0) is 43.9 Å². The van der Waals surface area contributed by atoms with Gasteiger partial charge in [-0.1, -0.05) is 22.0 Å². The van der Waals surface area contributed by atoms with Crippen molar-refractivity contribution in [2.45, 2.75) is 25.8 Å². The van der Waals surface area contributed by atoms with Crippen LogP contribution >= 0.6 is 15.9 Å². The van der Waals surface area contributed by atoms with E-state index in [9.17, 15) is 4.79 Å². The number of halogens is 1. The lowest BCUT2D eigenvalue weighted by Gasteiger charge is -2.12. The molecule has 0 aromatic heterocycles. The van der Waals surface area contributed by atoms with Crippen LogP contribution in [0.25, 0.3) is 0 Å². The van der Waals surface area contributed by atoms with Crippen LogP contribution in [0.1, 0.15) is 30.1 Å². The molecule has 1 aromatic carbocycles. The van der Waals surface area contributed by atoms with Crippen LogP contribution in [0.4, 0.5) is 0 Å². The van der Waals surface area contributed by atoms with Gasteiger partial charge in [0.1, 0.15) is 0 Å². The number of hydrogen-bond donors (Lipinski definition) is 1. The van der Waals surface area contributed by atoms with Gasteiger partial charge >= 0.3 is 0 Å². The van der Waals surface area contributed by atoms with Crippen LogP contribution in [-0.2, 0) is 0 Å². The molecule has 15 heavy (non-hydrogen) atoms. The summed E-state index contributed by atoms with van der Waals surface area (Å²) in [6, 6.07) is 7.77. The second-order valence-electron chi connectivity index (χ2n) is 4.11. The van der Waals surface area contributed by atoms with Crippen molar-refractivity contribution in [1.29, 1.82) is 0 Å². The van der Waals surface area contributed by atoms with Gasteiger partial charge in [0.25, 0.3) is 5.91 Å². The minimum absolute atomic E-state index is 0.0238. The second kappa shape index (κ2) is 4.35. The first-order valence-electron chi connectivity index (χ1n) is 5.23. The molecule has 1 atom stereocenters. The van der Waals surface area contributed by atoms with E-state index >= 15 is 0 Å². The highest BCUT2D eigenvalue weighted by atomic mass is 79.9. The summed E-state index contributed by atoms with van der Waals surface area (Å²) < 4.78 is 0.939. The summed E-state index contributed by atoms with van der Waals surface area (Å²) >= 11 is 3.36. The van der Waals surface area contributed by atoms with Crippen molar-refractivity contribution >= 4 is 21.8 Å². The van der Waals surface area contributed by atoms with Crippen LogP contribution in [-0.4, -0.2) is 11.9 Å². The van der Waals surface area contributed by atoms with Gasteiger partial charge in [0, 0.05) is 16.1 Å². The minimum atomic E-state index is 0.0238. The lowest BCUT2D eigenvalue weighted by Crippen LogP contribution is -2.33. The maximum atomic E-state index is 11.8. The first-order valence-corrected chi connectivity index (χ1v) is 6.02. The maximum absolute atomic E-state index is 11.8. The summed E-state index contributed by atoms with van der Waals surface area (Å²) in [6.07, 6.45) is 2.50. The fourth-order valence-electron chi connectivity index (χ4n) is 1.63. The summed E-state index contributed by atoms with van der Waals surface area (Å²) in [6.45, 7) is 2.08. The summed E-state index contributed by atoms with van der Waals surface area (Å²) in [5.74, 6) is 0.719. The zero-order valence-electron chi connectivity index (χ0n) is 8.66. The van der Waals surface area contributed by atoms with E-state index in [4.69, 9.17) is 0 Å². The molecule has 1 N–H and O–H groups in total. The lowest BCUT2D eigenvalue weighted by atomic mass is 10.1. The van der Waals surface area contributed by atoms with Crippen molar-refractivity contribution in [3.05, 3.63) is 34.3 Å². The van der Waals surface area contributed by atoms with E-state index in [1.807, 2.05) is 24.3 Å². The van der Waals surface area contributed by atoms with Crippen molar-refractivity contribution in [3.63, 3.8) is 0 Å². The number of amides is 1. The van der Waals surface area contributed by atoms with Gasteiger partial charge in [-0.3, -0.25) is 4.79 Å². The van der Waals surface area contributed by atoms with Crippen molar-refractivity contribution in [2.24, 2.45) is 5.92 Å². The maximum Gasteiger partial charge on any atom is 0.251 e. The van der Waals surface area contributed by atoms with Gasteiger partial charge in [0.2, 0.25) is 0 Å². The number of benzene rings is 1. The smallest absolute Gasteiger partial charge is 0.251 e. The first kappa shape index (κ1) is 10.7. The number of hydrogen-bond acceptors (Lipinski definition) is 1. The second-order valence-corrected chi connectivity index (χ2v) is 5.03. The molecule has 0 spiro atoms. The Labute approximate surface area is 98.2 Å². The third-order valence-corrected chi connectivity index (χ3v) is 3.27. The lowest BCUT2D eigenvalue weighted by molar-refractivity contribution is 0.0936. The van der Waals surface area contributed by atoms with Crippen LogP contribution in [0, 0.1) is 5.92 Å². The quantitative estimate of drug-likeness (QED) is 0.897. The van der Waals surface area contributed by atoms with E-state index in [2.05, 4.69) is 28.2 Å². The monoisotopic (exact) mass is 267 g/mol. The van der Waals surface area contributed by atoms with Gasteiger partial charge in [-0.25, -0.2) is 0 Å². The Morgan fingerprint density at radius 1 is 1.53 bits per heavy atom. The Morgan fingerprint density at radius 2 is 2.27 bits per heavy atom. The highest BCUT2D eigenvalue weighted by molar-refractivity contribution is 9.10. The normalized spacial score (nSPS) is 17.2. The Balaban J connectivity index is 2.00. The Morgan fingerprint density at radius 3 is 2.87 bits per heavy atom. The average Bonchev–Trinajstić information content (AvgIpc) is 3.00. The van der Waals surface area contributed by atoms with E-state index < -0.39 is 0 Å². The molecule has 0 bridgehead atoms. The van der Waals surface area contributed by atoms with Gasteiger partial charge < -0.3 is 5.32 Å². The molecule has 0 radical (unpaired) electrons. The van der Waals surface area contributed by atoms with Gasteiger partial charge in [0.05, 0.1) is 0 Å². The van der Waals surface area contributed by atoms with E-state index in [1.165, 1.54) is 12.8 Å². The molecule has 2 nitrogen and oxygen atoms in total. The van der Waals surface area contributed by atoms with E-state index in [0.717, 1.165) is 10.0 Å². The van der Waals surface area contributed by atoms with E-state index in [1.54, 1.807) is 0 Å². The molecule has 1 aliphatic rings. The number of nitrogens with one attached hydrogen (secondary N) is 1. The van der Waals surface area contributed by atoms with Crippen molar-refractivity contribution in [1.82, 2.24) is 5.32 Å². The number of rotatable bonds is 3. The summed E-state index contributed by atoms with van der Waals surface area (Å²) in [5, 5.41) is 3.03. The molecule has 0 heterocycles. The highest BCUT2D eigenvalue weighted by Gasteiger charge is 2.28. The van der Waals surface area contributed by atoms with Crippen LogP contribution in [0.3, 0.4) is 0 Å². The zero-order chi connectivity index (χ0) is 10.8. The summed E-state index contributed by atoms with van der Waals surface area (Å²) in [5.41, 5.74) is 0.719. The minimum Gasteiger partial charge on any atom is -0.349 e. The molecular formula is C12H14BrNO. The van der Waals surface area contributed by atoms with Gasteiger partial charge in [-0.15, -0.1) is 0 Å². The van der Waals surface area contributed by atoms with Crippen molar-refractivity contribution in [3.8, 4) is 0 Å². The topological polar surface area (TPSA) is 29.1 Å². The molecule has 0 unspecified atom stereocenters. The Kier molecular flexibility index (Phi) is 3.10. The highest BCUT2D eigenvalue weighted by Crippen LogP contribution is 2.32. The van der Waals surface area contributed by atoms with Gasteiger partial charge in [-0.2, -0.15) is 0 Å². The predicted molar refractivity (Wildman–Crippen MR) is 63.8 cm³/mol. The van der Waals surface area contributed by atoms with Crippen molar-refractivity contribution in [2.75, 3.05) is 0 Å². The molecule has 1 aliphatic carbocycles. The predicted octanol–water partition coefficient (Wildman–Crippen LogP) is 2.98. The third-order valence-electron chi connectivity index (χ3n) is 2.77. The average molecular weight is 268 g/mol. The molecule has 0 saturated heterocycles. The number of carbonyl (C=O) groups is 1. The van der Waals surface area contributed by atoms with Crippen LogP contribution in [0.15, 0.2) is 28.7 Å². The van der Waals surface area contributed by atoms with Crippen LogP contribution in [0.5, 0.6) is 0 Å². The number of carbonyl (C=O) groups excluding carboxylic acids is 1. The molecule has 1 amide bonds. The Hall–Kier alpha value is -0.830. The zero-order valence-corrected chi connectivity index (χ0v) is 10.3. The standard InChI is InChI=1S/C12H14BrNO/c1-8(9-5-6-9)14-12(15)10-3-2-4-11(13)7-10/h2-4,7-9H,5-6H2,1H3,(H,14,15)/t8-/m1/s1. The SMILES string of the molecule is C[C@@H](NC(=O)c1cccc(Br)c1)C1CC1. The van der Waals surface area contributed by atoms with Gasteiger partial charge in [0.15, 0.2) is 0 Å². The molecule has 1 aromatic rings. The summed E-state index contributed by atoms with van der Waals surface area (Å²) in [7, 11) is 0. The fraction of sp³-hybridized carbons (Fsp3) is 0.417. The molecule has 1 saturated carbocycles. The molecule has 1 fully saturated rings. The van der Waals surface area contributed by atoms with Crippen LogP contribution < -0.4 is 5.32 Å². The largest absolute Gasteiger partial charge is 0.349 e. The Bertz CT molecular complexity index is 374. The summed E-state index contributed by atoms with van der Waals surface area (Å²) in [4.78, 5) is 11.8. The first-order chi connectivity index (χ1) is 7.16. The molecule has 80 valence electrons. The van der Waals surface area contributed by atoms with E-state index in [-0.39, 0.29) is 5.91 Å². The third kappa shape index (κ3) is 2.81.